The maximum Gasteiger partial charge on any atom is 0.231 e. The summed E-state index contributed by atoms with van der Waals surface area (Å²) in [4.78, 5) is 0. The lowest BCUT2D eigenvalue weighted by Crippen LogP contribution is -2.12. The van der Waals surface area contributed by atoms with Crippen LogP contribution in [0.15, 0.2) is 12.1 Å². The summed E-state index contributed by atoms with van der Waals surface area (Å²) in [6.45, 7) is 0.330. The number of hydrogen-bond donors (Lipinski definition) is 2. The fourth-order valence-electron chi connectivity index (χ4n) is 1.50. The third kappa shape index (κ3) is 1.71. The smallest absolute Gasteiger partial charge is 0.231 e. The van der Waals surface area contributed by atoms with Crippen molar-refractivity contribution in [2.24, 2.45) is 5.73 Å². The molecule has 0 amide bonds. The van der Waals surface area contributed by atoms with Gasteiger partial charge in [-0.3, -0.25) is 0 Å². The second-order valence-electron chi connectivity index (χ2n) is 3.20. The zero-order chi connectivity index (χ0) is 10.8. The van der Waals surface area contributed by atoms with E-state index in [-0.39, 0.29) is 13.3 Å². The number of nitrogens with two attached hydrogens (primary N) is 1. The van der Waals surface area contributed by atoms with E-state index in [0.29, 0.717) is 22.8 Å². The first-order valence-corrected chi connectivity index (χ1v) is 4.62. The van der Waals surface area contributed by atoms with Crippen LogP contribution in [-0.4, -0.2) is 25.6 Å². The molecular weight excluding hydrogens is 198 g/mol. The van der Waals surface area contributed by atoms with Gasteiger partial charge in [-0.15, -0.1) is 0 Å². The summed E-state index contributed by atoms with van der Waals surface area (Å²) in [7, 11) is 1.53. The summed E-state index contributed by atoms with van der Waals surface area (Å²) < 4.78 is 15.5. The number of aliphatic hydroxyl groups is 1. The SMILES string of the molecule is COc1cc2c(cc1C(O)CN)OCO2. The zero-order valence-corrected chi connectivity index (χ0v) is 8.40. The fraction of sp³-hybridized carbons (Fsp3) is 0.400. The molecule has 1 aliphatic heterocycles. The Morgan fingerprint density at radius 1 is 1.47 bits per heavy atom. The molecule has 0 fully saturated rings. The second kappa shape index (κ2) is 3.96. The lowest BCUT2D eigenvalue weighted by molar-refractivity contribution is 0.172. The summed E-state index contributed by atoms with van der Waals surface area (Å²) in [5, 5.41) is 9.67. The third-order valence-electron chi connectivity index (χ3n) is 2.31. The van der Waals surface area contributed by atoms with E-state index in [9.17, 15) is 5.11 Å². The molecule has 1 aromatic carbocycles. The monoisotopic (exact) mass is 211 g/mol. The first-order valence-electron chi connectivity index (χ1n) is 4.62. The Kier molecular flexibility index (Phi) is 2.66. The van der Waals surface area contributed by atoms with Crippen molar-refractivity contribution in [1.29, 1.82) is 0 Å². The summed E-state index contributed by atoms with van der Waals surface area (Å²) in [6, 6.07) is 3.38. The van der Waals surface area contributed by atoms with E-state index in [1.54, 1.807) is 12.1 Å². The highest BCUT2D eigenvalue weighted by Crippen LogP contribution is 2.39. The Labute approximate surface area is 87.4 Å². The number of hydrogen-bond acceptors (Lipinski definition) is 5. The Balaban J connectivity index is 2.44. The van der Waals surface area contributed by atoms with Crippen LogP contribution in [0.25, 0.3) is 0 Å². The van der Waals surface area contributed by atoms with Gasteiger partial charge in [0.1, 0.15) is 5.75 Å². The van der Waals surface area contributed by atoms with Crippen LogP contribution in [0.4, 0.5) is 0 Å². The standard InChI is InChI=1S/C10H13NO4/c1-13-8-3-10-9(14-5-15-10)2-6(8)7(12)4-11/h2-3,7,12H,4-5,11H2,1H3. The molecule has 0 saturated carbocycles. The Bertz CT molecular complexity index is 367. The number of methoxy groups -OCH3 is 1. The van der Waals surface area contributed by atoms with Crippen molar-refractivity contribution in [3.05, 3.63) is 17.7 Å². The van der Waals surface area contributed by atoms with Crippen LogP contribution < -0.4 is 19.9 Å². The van der Waals surface area contributed by atoms with Crippen LogP contribution in [0.3, 0.4) is 0 Å². The van der Waals surface area contributed by atoms with E-state index >= 15 is 0 Å². The van der Waals surface area contributed by atoms with Gasteiger partial charge >= 0.3 is 0 Å². The molecule has 15 heavy (non-hydrogen) atoms. The van der Waals surface area contributed by atoms with Crippen LogP contribution in [0, 0.1) is 0 Å². The number of benzene rings is 1. The highest BCUT2D eigenvalue weighted by atomic mass is 16.7. The Hall–Kier alpha value is -1.46. The van der Waals surface area contributed by atoms with E-state index in [0.717, 1.165) is 0 Å². The predicted octanol–water partition coefficient (Wildman–Crippen LogP) is 0.416. The molecule has 0 aliphatic carbocycles. The molecule has 1 aliphatic rings. The molecule has 0 radical (unpaired) electrons. The van der Waals surface area contributed by atoms with Gasteiger partial charge in [0.2, 0.25) is 6.79 Å². The Morgan fingerprint density at radius 2 is 2.13 bits per heavy atom. The van der Waals surface area contributed by atoms with Crippen LogP contribution >= 0.6 is 0 Å². The van der Waals surface area contributed by atoms with Crippen molar-refractivity contribution in [1.82, 2.24) is 0 Å². The van der Waals surface area contributed by atoms with Gasteiger partial charge in [0, 0.05) is 18.2 Å². The van der Waals surface area contributed by atoms with Gasteiger partial charge in [0.25, 0.3) is 0 Å². The maximum absolute atomic E-state index is 9.67. The van der Waals surface area contributed by atoms with Crippen molar-refractivity contribution in [3.63, 3.8) is 0 Å². The molecular formula is C10H13NO4. The molecule has 3 N–H and O–H groups in total. The molecule has 5 heteroatoms. The van der Waals surface area contributed by atoms with Gasteiger partial charge in [0.15, 0.2) is 11.5 Å². The van der Waals surface area contributed by atoms with Crippen molar-refractivity contribution in [2.45, 2.75) is 6.10 Å². The number of rotatable bonds is 3. The molecule has 1 unspecified atom stereocenters. The van der Waals surface area contributed by atoms with Gasteiger partial charge in [-0.25, -0.2) is 0 Å². The largest absolute Gasteiger partial charge is 0.496 e. The van der Waals surface area contributed by atoms with Gasteiger partial charge < -0.3 is 25.1 Å². The van der Waals surface area contributed by atoms with Gasteiger partial charge in [-0.1, -0.05) is 0 Å². The second-order valence-corrected chi connectivity index (χ2v) is 3.20. The maximum atomic E-state index is 9.67. The highest BCUT2D eigenvalue weighted by molar-refractivity contribution is 5.52. The zero-order valence-electron chi connectivity index (χ0n) is 8.40. The molecule has 1 atom stereocenters. The van der Waals surface area contributed by atoms with E-state index in [2.05, 4.69) is 0 Å². The summed E-state index contributed by atoms with van der Waals surface area (Å²) >= 11 is 0. The van der Waals surface area contributed by atoms with E-state index < -0.39 is 6.10 Å². The average Bonchev–Trinajstić information content (AvgIpc) is 2.73. The van der Waals surface area contributed by atoms with Crippen molar-refractivity contribution >= 4 is 0 Å². The predicted molar refractivity (Wildman–Crippen MR) is 53.1 cm³/mol. The van der Waals surface area contributed by atoms with Crippen molar-refractivity contribution in [2.75, 3.05) is 20.4 Å². The lowest BCUT2D eigenvalue weighted by atomic mass is 10.1. The van der Waals surface area contributed by atoms with E-state index in [1.165, 1.54) is 7.11 Å². The summed E-state index contributed by atoms with van der Waals surface area (Å²) in [5.41, 5.74) is 6.01. The minimum atomic E-state index is -0.755. The first kappa shape index (κ1) is 10.1. The summed E-state index contributed by atoms with van der Waals surface area (Å²) in [6.07, 6.45) is -0.755. The normalized spacial score (nSPS) is 15.1. The molecule has 0 bridgehead atoms. The van der Waals surface area contributed by atoms with Gasteiger partial charge in [0.05, 0.1) is 13.2 Å². The molecule has 0 saturated heterocycles. The summed E-state index contributed by atoms with van der Waals surface area (Å²) in [5.74, 6) is 1.79. The van der Waals surface area contributed by atoms with Gasteiger partial charge in [-0.2, -0.15) is 0 Å². The third-order valence-corrected chi connectivity index (χ3v) is 2.31. The molecule has 5 nitrogen and oxygen atoms in total. The molecule has 0 spiro atoms. The van der Waals surface area contributed by atoms with E-state index in [1.807, 2.05) is 0 Å². The Morgan fingerprint density at radius 3 is 2.73 bits per heavy atom. The fourth-order valence-corrected chi connectivity index (χ4v) is 1.50. The minimum absolute atomic E-state index is 0.135. The molecule has 1 aromatic rings. The van der Waals surface area contributed by atoms with Crippen LogP contribution in [0.1, 0.15) is 11.7 Å². The lowest BCUT2D eigenvalue weighted by Gasteiger charge is -2.13. The minimum Gasteiger partial charge on any atom is -0.496 e. The quantitative estimate of drug-likeness (QED) is 0.757. The number of ether oxygens (including phenoxy) is 3. The van der Waals surface area contributed by atoms with Crippen LogP contribution in [0.5, 0.6) is 17.2 Å². The topological polar surface area (TPSA) is 73.9 Å². The van der Waals surface area contributed by atoms with E-state index in [4.69, 9.17) is 19.9 Å². The van der Waals surface area contributed by atoms with Crippen LogP contribution in [-0.2, 0) is 0 Å². The van der Waals surface area contributed by atoms with Crippen molar-refractivity contribution < 1.29 is 19.3 Å². The highest BCUT2D eigenvalue weighted by Gasteiger charge is 2.20. The average molecular weight is 211 g/mol. The molecule has 0 aromatic heterocycles. The number of aliphatic hydroxyl groups excluding tert-OH is 1. The molecule has 2 rings (SSSR count). The van der Waals surface area contributed by atoms with Crippen molar-refractivity contribution in [3.8, 4) is 17.2 Å². The molecule has 1 heterocycles. The van der Waals surface area contributed by atoms with Crippen LogP contribution in [0.2, 0.25) is 0 Å². The van der Waals surface area contributed by atoms with Gasteiger partial charge in [-0.05, 0) is 6.07 Å². The first-order chi connectivity index (χ1) is 7.26. The molecule has 82 valence electrons. The number of fused-ring (bicyclic) bond motifs is 1.